The third-order valence-electron chi connectivity index (χ3n) is 4.33. The summed E-state index contributed by atoms with van der Waals surface area (Å²) in [6.07, 6.45) is 1.25. The highest BCUT2D eigenvalue weighted by Gasteiger charge is 2.24. The molecule has 106 valence electrons. The Bertz CT molecular complexity index is 383. The first kappa shape index (κ1) is 14.5. The van der Waals surface area contributed by atoms with Gasteiger partial charge < -0.3 is 5.32 Å². The molecule has 2 nitrogen and oxygen atoms in total. The predicted molar refractivity (Wildman–Crippen MR) is 82.3 cm³/mol. The van der Waals surface area contributed by atoms with Crippen LogP contribution in [0.5, 0.6) is 0 Å². The Hall–Kier alpha value is -0.860. The van der Waals surface area contributed by atoms with Crippen molar-refractivity contribution in [1.29, 1.82) is 0 Å². The molecule has 0 bridgehead atoms. The minimum Gasteiger partial charge on any atom is -0.312 e. The standard InChI is InChI=1S/C17H28N2/c1-13(2)17-12-19(15(4)9-10-18-17)11-16-7-5-14(3)6-8-16/h5-8,13,15,17-18H,9-12H2,1-4H3. The lowest BCUT2D eigenvalue weighted by Crippen LogP contribution is -2.42. The SMILES string of the molecule is Cc1ccc(CN2CC(C(C)C)NCCC2C)cc1. The van der Waals surface area contributed by atoms with E-state index in [1.165, 1.54) is 17.5 Å². The van der Waals surface area contributed by atoms with Crippen molar-refractivity contribution in [3.63, 3.8) is 0 Å². The van der Waals surface area contributed by atoms with Gasteiger partial charge in [0.25, 0.3) is 0 Å². The second-order valence-corrected chi connectivity index (χ2v) is 6.36. The van der Waals surface area contributed by atoms with E-state index < -0.39 is 0 Å². The van der Waals surface area contributed by atoms with E-state index in [2.05, 4.69) is 62.2 Å². The van der Waals surface area contributed by atoms with Gasteiger partial charge in [0.2, 0.25) is 0 Å². The maximum Gasteiger partial charge on any atom is 0.0237 e. The molecule has 2 heteroatoms. The van der Waals surface area contributed by atoms with Gasteiger partial charge in [-0.1, -0.05) is 43.7 Å². The zero-order valence-electron chi connectivity index (χ0n) is 12.8. The summed E-state index contributed by atoms with van der Waals surface area (Å²) in [6, 6.07) is 10.3. The Balaban J connectivity index is 2.04. The highest BCUT2D eigenvalue weighted by molar-refractivity contribution is 5.21. The van der Waals surface area contributed by atoms with Gasteiger partial charge in [-0.25, -0.2) is 0 Å². The molecule has 0 aliphatic carbocycles. The second-order valence-electron chi connectivity index (χ2n) is 6.36. The van der Waals surface area contributed by atoms with Gasteiger partial charge in [-0.05, 0) is 38.3 Å². The molecule has 1 aromatic rings. The summed E-state index contributed by atoms with van der Waals surface area (Å²) in [6.45, 7) is 12.5. The number of rotatable bonds is 3. The van der Waals surface area contributed by atoms with Crippen LogP contribution in [0.1, 0.15) is 38.3 Å². The molecule has 2 atom stereocenters. The Labute approximate surface area is 118 Å². The first-order valence-electron chi connectivity index (χ1n) is 7.59. The van der Waals surface area contributed by atoms with Gasteiger partial charge in [-0.2, -0.15) is 0 Å². The van der Waals surface area contributed by atoms with E-state index in [9.17, 15) is 0 Å². The summed E-state index contributed by atoms with van der Waals surface area (Å²) < 4.78 is 0. The number of nitrogens with zero attached hydrogens (tertiary/aromatic N) is 1. The smallest absolute Gasteiger partial charge is 0.0237 e. The molecule has 0 saturated carbocycles. The quantitative estimate of drug-likeness (QED) is 0.898. The molecule has 0 spiro atoms. The minimum absolute atomic E-state index is 0.621. The van der Waals surface area contributed by atoms with Gasteiger partial charge in [0, 0.05) is 25.2 Å². The molecule has 2 unspecified atom stereocenters. The van der Waals surface area contributed by atoms with Crippen LogP contribution in [0.2, 0.25) is 0 Å². The molecular formula is C17H28N2. The van der Waals surface area contributed by atoms with Crippen molar-refractivity contribution in [3.8, 4) is 0 Å². The summed E-state index contributed by atoms with van der Waals surface area (Å²) in [5.74, 6) is 0.700. The van der Waals surface area contributed by atoms with Crippen molar-refractivity contribution < 1.29 is 0 Å². The van der Waals surface area contributed by atoms with Crippen LogP contribution in [-0.4, -0.2) is 30.1 Å². The van der Waals surface area contributed by atoms with Crippen LogP contribution in [0, 0.1) is 12.8 Å². The van der Waals surface area contributed by atoms with Crippen molar-refractivity contribution in [1.82, 2.24) is 10.2 Å². The molecule has 1 heterocycles. The Morgan fingerprint density at radius 1 is 1.26 bits per heavy atom. The first-order chi connectivity index (χ1) is 9.06. The molecule has 19 heavy (non-hydrogen) atoms. The fourth-order valence-electron chi connectivity index (χ4n) is 2.75. The van der Waals surface area contributed by atoms with Gasteiger partial charge in [-0.15, -0.1) is 0 Å². The number of hydrogen-bond donors (Lipinski definition) is 1. The molecule has 1 saturated heterocycles. The maximum atomic E-state index is 3.69. The van der Waals surface area contributed by atoms with Crippen LogP contribution in [0.15, 0.2) is 24.3 Å². The zero-order chi connectivity index (χ0) is 13.8. The lowest BCUT2D eigenvalue weighted by atomic mass is 10.0. The number of hydrogen-bond acceptors (Lipinski definition) is 2. The highest BCUT2D eigenvalue weighted by Crippen LogP contribution is 2.17. The summed E-state index contributed by atoms with van der Waals surface area (Å²) >= 11 is 0. The minimum atomic E-state index is 0.621. The predicted octanol–water partition coefficient (Wildman–Crippen LogP) is 3.20. The highest BCUT2D eigenvalue weighted by atomic mass is 15.2. The Kier molecular flexibility index (Phi) is 5.00. The van der Waals surface area contributed by atoms with Gasteiger partial charge in [0.05, 0.1) is 0 Å². The topological polar surface area (TPSA) is 15.3 Å². The first-order valence-corrected chi connectivity index (χ1v) is 7.59. The van der Waals surface area contributed by atoms with Gasteiger partial charge in [0.15, 0.2) is 0 Å². The second kappa shape index (κ2) is 6.53. The van der Waals surface area contributed by atoms with Crippen LogP contribution in [0.4, 0.5) is 0 Å². The number of benzene rings is 1. The monoisotopic (exact) mass is 260 g/mol. The van der Waals surface area contributed by atoms with E-state index >= 15 is 0 Å². The molecule has 1 fully saturated rings. The normalized spacial score (nSPS) is 25.5. The van der Waals surface area contributed by atoms with Crippen LogP contribution in [0.25, 0.3) is 0 Å². The lowest BCUT2D eigenvalue weighted by Gasteiger charge is -2.30. The van der Waals surface area contributed by atoms with E-state index in [4.69, 9.17) is 0 Å². The van der Waals surface area contributed by atoms with Crippen LogP contribution >= 0.6 is 0 Å². The van der Waals surface area contributed by atoms with Gasteiger partial charge in [-0.3, -0.25) is 4.90 Å². The molecule has 1 aromatic carbocycles. The van der Waals surface area contributed by atoms with E-state index in [0.29, 0.717) is 18.0 Å². The average molecular weight is 260 g/mol. The lowest BCUT2D eigenvalue weighted by molar-refractivity contribution is 0.184. The van der Waals surface area contributed by atoms with E-state index in [0.717, 1.165) is 19.6 Å². The van der Waals surface area contributed by atoms with E-state index in [1.807, 2.05) is 0 Å². The van der Waals surface area contributed by atoms with Crippen molar-refractivity contribution in [2.24, 2.45) is 5.92 Å². The fraction of sp³-hybridized carbons (Fsp3) is 0.647. The van der Waals surface area contributed by atoms with Crippen molar-refractivity contribution in [2.75, 3.05) is 13.1 Å². The summed E-state index contributed by atoms with van der Waals surface area (Å²) in [5, 5.41) is 3.69. The van der Waals surface area contributed by atoms with Crippen molar-refractivity contribution >= 4 is 0 Å². The molecule has 0 aromatic heterocycles. The average Bonchev–Trinajstić information content (AvgIpc) is 2.55. The molecule has 1 N–H and O–H groups in total. The number of aryl methyl sites for hydroxylation is 1. The molecule has 0 radical (unpaired) electrons. The Morgan fingerprint density at radius 3 is 2.58 bits per heavy atom. The van der Waals surface area contributed by atoms with Crippen LogP contribution in [0.3, 0.4) is 0 Å². The van der Waals surface area contributed by atoms with Crippen molar-refractivity contribution in [3.05, 3.63) is 35.4 Å². The molecule has 1 aliphatic heterocycles. The summed E-state index contributed by atoms with van der Waals surface area (Å²) in [5.41, 5.74) is 2.77. The zero-order valence-corrected chi connectivity index (χ0v) is 12.8. The van der Waals surface area contributed by atoms with E-state index in [1.54, 1.807) is 0 Å². The van der Waals surface area contributed by atoms with Gasteiger partial charge in [0.1, 0.15) is 0 Å². The molecular weight excluding hydrogens is 232 g/mol. The van der Waals surface area contributed by atoms with E-state index in [-0.39, 0.29) is 0 Å². The summed E-state index contributed by atoms with van der Waals surface area (Å²) in [4.78, 5) is 2.63. The number of nitrogens with one attached hydrogen (secondary N) is 1. The molecule has 1 aliphatic rings. The molecule has 0 amide bonds. The van der Waals surface area contributed by atoms with Gasteiger partial charge >= 0.3 is 0 Å². The fourth-order valence-corrected chi connectivity index (χ4v) is 2.75. The largest absolute Gasteiger partial charge is 0.312 e. The summed E-state index contributed by atoms with van der Waals surface area (Å²) in [7, 11) is 0. The van der Waals surface area contributed by atoms with Crippen molar-refractivity contribution in [2.45, 2.75) is 52.7 Å². The third-order valence-corrected chi connectivity index (χ3v) is 4.33. The molecule has 2 rings (SSSR count). The van der Waals surface area contributed by atoms with Crippen LogP contribution in [-0.2, 0) is 6.54 Å². The van der Waals surface area contributed by atoms with Crippen LogP contribution < -0.4 is 5.32 Å². The Morgan fingerprint density at radius 2 is 1.95 bits per heavy atom. The third kappa shape index (κ3) is 4.05. The maximum absolute atomic E-state index is 3.69.